The minimum Gasteiger partial charge on any atom is -0.322 e. The van der Waals surface area contributed by atoms with Crippen molar-refractivity contribution in [3.8, 4) is 5.69 Å². The van der Waals surface area contributed by atoms with Crippen molar-refractivity contribution in [1.82, 2.24) is 14.5 Å². The molecule has 3 rings (SSSR count). The fraction of sp³-hybridized carbons (Fsp3) is 0. The normalized spacial score (nSPS) is 10.2. The molecule has 0 bridgehead atoms. The van der Waals surface area contributed by atoms with E-state index in [1.54, 1.807) is 0 Å². The average Bonchev–Trinajstić information content (AvgIpc) is 3.03. The van der Waals surface area contributed by atoms with E-state index in [4.69, 9.17) is 0 Å². The Morgan fingerprint density at radius 1 is 1.05 bits per heavy atom. The summed E-state index contributed by atoms with van der Waals surface area (Å²) in [5.74, 6) is -0.280. The number of anilines is 1. The van der Waals surface area contributed by atoms with E-state index in [1.165, 1.54) is 18.6 Å². The van der Waals surface area contributed by atoms with Gasteiger partial charge in [0.2, 0.25) is 0 Å². The predicted octanol–water partition coefficient (Wildman–Crippen LogP) is 2.52. The highest BCUT2D eigenvalue weighted by Crippen LogP contribution is 2.20. The number of benzene rings is 1. The molecule has 0 saturated heterocycles. The molecular weight excluding hydrogens is 252 g/mol. The number of hydrogen-bond donors (Lipinski definition) is 1. The van der Waals surface area contributed by atoms with Gasteiger partial charge >= 0.3 is 0 Å². The Morgan fingerprint density at radius 2 is 1.85 bits per heavy atom. The van der Waals surface area contributed by atoms with Gasteiger partial charge in [-0.2, -0.15) is 0 Å². The maximum Gasteiger partial charge on any atom is 0.275 e. The molecule has 2 aromatic heterocycles. The van der Waals surface area contributed by atoms with Crippen molar-refractivity contribution >= 4 is 11.6 Å². The molecule has 1 aromatic carbocycles. The van der Waals surface area contributed by atoms with Gasteiger partial charge in [0.15, 0.2) is 0 Å². The lowest BCUT2D eigenvalue weighted by molar-refractivity contribution is 0.102. The van der Waals surface area contributed by atoms with E-state index in [9.17, 15) is 4.79 Å². The zero-order valence-electron chi connectivity index (χ0n) is 10.6. The molecular formula is C15H12N4O. The van der Waals surface area contributed by atoms with Crippen LogP contribution in [0.25, 0.3) is 5.69 Å². The maximum atomic E-state index is 12.1. The van der Waals surface area contributed by atoms with Gasteiger partial charge in [0.25, 0.3) is 5.91 Å². The monoisotopic (exact) mass is 264 g/mol. The molecule has 2 heterocycles. The van der Waals surface area contributed by atoms with E-state index in [0.29, 0.717) is 0 Å². The standard InChI is InChI=1S/C15H12N4O/c20-15(13-11-16-7-8-17-13)18-12-5-1-2-6-14(12)19-9-3-4-10-19/h1-11H,(H,18,20). The number of carbonyl (C=O) groups is 1. The number of hydrogen-bond acceptors (Lipinski definition) is 3. The van der Waals surface area contributed by atoms with Crippen molar-refractivity contribution in [3.05, 3.63) is 73.1 Å². The molecule has 3 aromatic rings. The minimum absolute atomic E-state index is 0.280. The summed E-state index contributed by atoms with van der Waals surface area (Å²) in [6.07, 6.45) is 8.31. The molecule has 0 fully saturated rings. The molecule has 98 valence electrons. The van der Waals surface area contributed by atoms with Crippen molar-refractivity contribution in [3.63, 3.8) is 0 Å². The highest BCUT2D eigenvalue weighted by molar-refractivity contribution is 6.03. The number of rotatable bonds is 3. The van der Waals surface area contributed by atoms with Gasteiger partial charge in [0.1, 0.15) is 5.69 Å². The van der Waals surface area contributed by atoms with Crippen LogP contribution in [0.4, 0.5) is 5.69 Å². The maximum absolute atomic E-state index is 12.1. The molecule has 1 amide bonds. The third-order valence-corrected chi connectivity index (χ3v) is 2.83. The Hall–Kier alpha value is -2.95. The number of para-hydroxylation sites is 2. The van der Waals surface area contributed by atoms with Crippen LogP contribution < -0.4 is 5.32 Å². The van der Waals surface area contributed by atoms with Crippen molar-refractivity contribution in [1.29, 1.82) is 0 Å². The summed E-state index contributed by atoms with van der Waals surface area (Å²) >= 11 is 0. The second kappa shape index (κ2) is 5.36. The van der Waals surface area contributed by atoms with Crippen LogP contribution in [0.2, 0.25) is 0 Å². The second-order valence-corrected chi connectivity index (χ2v) is 4.15. The summed E-state index contributed by atoms with van der Waals surface area (Å²) in [6.45, 7) is 0. The predicted molar refractivity (Wildman–Crippen MR) is 75.8 cm³/mol. The fourth-order valence-corrected chi connectivity index (χ4v) is 1.90. The van der Waals surface area contributed by atoms with E-state index in [1.807, 2.05) is 53.4 Å². The van der Waals surface area contributed by atoms with Crippen LogP contribution in [0, 0.1) is 0 Å². The lowest BCUT2D eigenvalue weighted by Gasteiger charge is -2.11. The van der Waals surface area contributed by atoms with Crippen LogP contribution in [0.3, 0.4) is 0 Å². The number of nitrogens with zero attached hydrogens (tertiary/aromatic N) is 3. The molecule has 0 spiro atoms. The van der Waals surface area contributed by atoms with Gasteiger partial charge in [-0.1, -0.05) is 12.1 Å². The fourth-order valence-electron chi connectivity index (χ4n) is 1.90. The summed E-state index contributed by atoms with van der Waals surface area (Å²) in [5.41, 5.74) is 1.91. The Bertz CT molecular complexity index is 708. The van der Waals surface area contributed by atoms with Crippen molar-refractivity contribution in [2.45, 2.75) is 0 Å². The topological polar surface area (TPSA) is 59.8 Å². The molecule has 0 atom stereocenters. The summed E-state index contributed by atoms with van der Waals surface area (Å²) in [5, 5.41) is 2.85. The van der Waals surface area contributed by atoms with E-state index in [-0.39, 0.29) is 11.6 Å². The molecule has 0 radical (unpaired) electrons. The quantitative estimate of drug-likeness (QED) is 0.790. The van der Waals surface area contributed by atoms with Crippen LogP contribution in [0.1, 0.15) is 10.5 Å². The first-order chi connectivity index (χ1) is 9.84. The molecule has 0 unspecified atom stereocenters. The van der Waals surface area contributed by atoms with Gasteiger partial charge in [-0.3, -0.25) is 9.78 Å². The molecule has 0 aliphatic rings. The van der Waals surface area contributed by atoms with E-state index in [0.717, 1.165) is 11.4 Å². The lowest BCUT2D eigenvalue weighted by Crippen LogP contribution is -2.15. The highest BCUT2D eigenvalue weighted by Gasteiger charge is 2.10. The summed E-state index contributed by atoms with van der Waals surface area (Å²) in [7, 11) is 0. The third-order valence-electron chi connectivity index (χ3n) is 2.83. The first kappa shape index (κ1) is 12.1. The number of nitrogens with one attached hydrogen (secondary N) is 1. The van der Waals surface area contributed by atoms with Crippen molar-refractivity contribution < 1.29 is 4.79 Å². The minimum atomic E-state index is -0.280. The SMILES string of the molecule is O=C(Nc1ccccc1-n1cccc1)c1cnccn1. The Labute approximate surface area is 115 Å². The van der Waals surface area contributed by atoms with Crippen LogP contribution >= 0.6 is 0 Å². The van der Waals surface area contributed by atoms with Crippen LogP contribution in [0.15, 0.2) is 67.4 Å². The summed E-state index contributed by atoms with van der Waals surface area (Å²) in [4.78, 5) is 20.0. The second-order valence-electron chi connectivity index (χ2n) is 4.15. The Morgan fingerprint density at radius 3 is 2.60 bits per heavy atom. The van der Waals surface area contributed by atoms with Gasteiger partial charge in [-0.25, -0.2) is 4.98 Å². The van der Waals surface area contributed by atoms with Gasteiger partial charge in [-0.15, -0.1) is 0 Å². The summed E-state index contributed by atoms with van der Waals surface area (Å²) < 4.78 is 1.94. The number of carbonyl (C=O) groups excluding carboxylic acids is 1. The average molecular weight is 264 g/mol. The van der Waals surface area contributed by atoms with Crippen molar-refractivity contribution in [2.75, 3.05) is 5.32 Å². The van der Waals surface area contributed by atoms with E-state index < -0.39 is 0 Å². The first-order valence-electron chi connectivity index (χ1n) is 6.14. The first-order valence-corrected chi connectivity index (χ1v) is 6.14. The smallest absolute Gasteiger partial charge is 0.275 e. The molecule has 20 heavy (non-hydrogen) atoms. The number of amides is 1. The van der Waals surface area contributed by atoms with Gasteiger partial charge in [-0.05, 0) is 24.3 Å². The molecule has 5 nitrogen and oxygen atoms in total. The largest absolute Gasteiger partial charge is 0.322 e. The van der Waals surface area contributed by atoms with E-state index >= 15 is 0 Å². The Balaban J connectivity index is 1.90. The molecule has 5 heteroatoms. The van der Waals surface area contributed by atoms with Gasteiger partial charge < -0.3 is 9.88 Å². The lowest BCUT2D eigenvalue weighted by atomic mass is 10.2. The molecule has 0 aliphatic carbocycles. The van der Waals surface area contributed by atoms with Crippen LogP contribution in [-0.4, -0.2) is 20.4 Å². The molecule has 0 aliphatic heterocycles. The third kappa shape index (κ3) is 2.42. The zero-order valence-corrected chi connectivity index (χ0v) is 10.6. The van der Waals surface area contributed by atoms with Gasteiger partial charge in [0.05, 0.1) is 17.6 Å². The van der Waals surface area contributed by atoms with Crippen LogP contribution in [-0.2, 0) is 0 Å². The molecule has 1 N–H and O–H groups in total. The Kier molecular flexibility index (Phi) is 3.24. The van der Waals surface area contributed by atoms with Crippen LogP contribution in [0.5, 0.6) is 0 Å². The van der Waals surface area contributed by atoms with E-state index in [2.05, 4.69) is 15.3 Å². The van der Waals surface area contributed by atoms with Gasteiger partial charge in [0, 0.05) is 24.8 Å². The molecule has 0 saturated carbocycles. The highest BCUT2D eigenvalue weighted by atomic mass is 16.1. The number of aromatic nitrogens is 3. The van der Waals surface area contributed by atoms with Crippen molar-refractivity contribution in [2.24, 2.45) is 0 Å². The zero-order chi connectivity index (χ0) is 13.8. The summed E-state index contributed by atoms with van der Waals surface area (Å²) in [6, 6.07) is 11.4.